The van der Waals surface area contributed by atoms with Crippen molar-refractivity contribution < 1.29 is 4.39 Å². The van der Waals surface area contributed by atoms with Crippen LogP contribution in [-0.2, 0) is 13.5 Å². The van der Waals surface area contributed by atoms with E-state index in [1.54, 1.807) is 0 Å². The van der Waals surface area contributed by atoms with Crippen LogP contribution >= 0.6 is 0 Å². The average Bonchev–Trinajstić information content (AvgIpc) is 2.76. The second-order valence-corrected chi connectivity index (χ2v) is 5.66. The molecule has 1 fully saturated rings. The molecule has 0 atom stereocenters. The molecule has 1 aromatic heterocycles. The quantitative estimate of drug-likeness (QED) is 0.925. The highest BCUT2D eigenvalue weighted by atomic mass is 19.1. The molecule has 1 saturated heterocycles. The Hall–Kier alpha value is -1.39. The summed E-state index contributed by atoms with van der Waals surface area (Å²) in [6.07, 6.45) is 0.787. The van der Waals surface area contributed by atoms with Gasteiger partial charge in [-0.3, -0.25) is 0 Å². The zero-order valence-electron chi connectivity index (χ0n) is 12.2. The van der Waals surface area contributed by atoms with Crippen LogP contribution in [0.25, 0.3) is 10.9 Å². The summed E-state index contributed by atoms with van der Waals surface area (Å²) in [6, 6.07) is 5.93. The Morgan fingerprint density at radius 2 is 2.00 bits per heavy atom. The molecule has 4 heteroatoms. The van der Waals surface area contributed by atoms with E-state index in [4.69, 9.17) is 0 Å². The first-order valence-electron chi connectivity index (χ1n) is 7.33. The zero-order valence-corrected chi connectivity index (χ0v) is 12.2. The molecule has 0 saturated carbocycles. The highest BCUT2D eigenvalue weighted by Gasteiger charge is 2.14. The van der Waals surface area contributed by atoms with Crippen molar-refractivity contribution in [3.63, 3.8) is 0 Å². The van der Waals surface area contributed by atoms with Crippen molar-refractivity contribution >= 4 is 10.9 Å². The lowest BCUT2D eigenvalue weighted by atomic mass is 10.1. The molecule has 2 heterocycles. The largest absolute Gasteiger partial charge is 0.348 e. The summed E-state index contributed by atoms with van der Waals surface area (Å²) in [5.41, 5.74) is 2.91. The minimum atomic E-state index is -0.0404. The van der Waals surface area contributed by atoms with E-state index < -0.39 is 0 Å². The second kappa shape index (κ2) is 5.54. The van der Waals surface area contributed by atoms with Crippen molar-refractivity contribution in [3.05, 3.63) is 35.3 Å². The van der Waals surface area contributed by atoms with Crippen molar-refractivity contribution in [1.29, 1.82) is 0 Å². The van der Waals surface area contributed by atoms with Crippen molar-refractivity contribution in [1.82, 2.24) is 14.8 Å². The number of hydrogen-bond acceptors (Lipinski definition) is 2. The Morgan fingerprint density at radius 1 is 1.25 bits per heavy atom. The number of benzene rings is 1. The molecular weight excluding hydrogens is 253 g/mol. The van der Waals surface area contributed by atoms with E-state index in [1.807, 2.05) is 36.7 Å². The van der Waals surface area contributed by atoms with Crippen molar-refractivity contribution in [2.75, 3.05) is 32.7 Å². The minimum absolute atomic E-state index is 0.0404. The Bertz CT molecular complexity index is 612. The van der Waals surface area contributed by atoms with Gasteiger partial charge in [-0.1, -0.05) is 6.07 Å². The molecule has 108 valence electrons. The third kappa shape index (κ3) is 2.45. The molecule has 0 aliphatic carbocycles. The summed E-state index contributed by atoms with van der Waals surface area (Å²) in [4.78, 5) is 2.40. The standard InChI is InChI=1S/C16H22FN3/c1-12-11-14-15(19(12)2)4-3-13(16(14)17)5-8-20-9-6-18-7-10-20/h3-4,11,18H,5-10H2,1-2H3. The van der Waals surface area contributed by atoms with Crippen molar-refractivity contribution in [3.8, 4) is 0 Å². The Morgan fingerprint density at radius 3 is 2.75 bits per heavy atom. The number of hydrogen-bond donors (Lipinski definition) is 1. The van der Waals surface area contributed by atoms with Crippen molar-refractivity contribution in [2.24, 2.45) is 7.05 Å². The molecule has 0 amide bonds. The maximum absolute atomic E-state index is 14.6. The Balaban J connectivity index is 1.79. The summed E-state index contributed by atoms with van der Waals surface area (Å²) in [6.45, 7) is 7.16. The lowest BCUT2D eigenvalue weighted by Gasteiger charge is -2.27. The molecule has 2 aromatic rings. The molecular formula is C16H22FN3. The lowest BCUT2D eigenvalue weighted by molar-refractivity contribution is 0.243. The fourth-order valence-electron chi connectivity index (χ4n) is 2.96. The molecule has 0 spiro atoms. The molecule has 0 bridgehead atoms. The summed E-state index contributed by atoms with van der Waals surface area (Å²) in [5, 5.41) is 4.09. The van der Waals surface area contributed by atoms with Gasteiger partial charge in [-0.05, 0) is 31.0 Å². The number of nitrogens with zero attached hydrogens (tertiary/aromatic N) is 2. The van der Waals surface area contributed by atoms with Gasteiger partial charge in [-0.2, -0.15) is 0 Å². The van der Waals surface area contributed by atoms with E-state index >= 15 is 0 Å². The summed E-state index contributed by atoms with van der Waals surface area (Å²) >= 11 is 0. The van der Waals surface area contributed by atoms with E-state index in [0.717, 1.165) is 61.3 Å². The SMILES string of the molecule is Cc1cc2c(F)c(CCN3CCNCC3)ccc2n1C. The molecule has 1 N–H and O–H groups in total. The Labute approximate surface area is 119 Å². The lowest BCUT2D eigenvalue weighted by Crippen LogP contribution is -2.44. The van der Waals surface area contributed by atoms with Crippen LogP contribution in [0, 0.1) is 12.7 Å². The van der Waals surface area contributed by atoms with Gasteiger partial charge in [0, 0.05) is 50.9 Å². The van der Waals surface area contributed by atoms with Gasteiger partial charge in [0.2, 0.25) is 0 Å². The van der Waals surface area contributed by atoms with Crippen LogP contribution in [0.1, 0.15) is 11.3 Å². The van der Waals surface area contributed by atoms with Gasteiger partial charge < -0.3 is 14.8 Å². The van der Waals surface area contributed by atoms with E-state index in [0.29, 0.717) is 0 Å². The van der Waals surface area contributed by atoms with Gasteiger partial charge in [0.15, 0.2) is 0 Å². The fourth-order valence-corrected chi connectivity index (χ4v) is 2.96. The first kappa shape index (κ1) is 13.6. The van der Waals surface area contributed by atoms with Gasteiger partial charge in [0.05, 0.1) is 5.52 Å². The monoisotopic (exact) mass is 275 g/mol. The third-order valence-corrected chi connectivity index (χ3v) is 4.39. The van der Waals surface area contributed by atoms with Crippen LogP contribution in [0.15, 0.2) is 18.2 Å². The van der Waals surface area contributed by atoms with Gasteiger partial charge in [-0.15, -0.1) is 0 Å². The van der Waals surface area contributed by atoms with Gasteiger partial charge in [-0.25, -0.2) is 4.39 Å². The number of aryl methyl sites for hydroxylation is 2. The molecule has 1 aromatic carbocycles. The van der Waals surface area contributed by atoms with Crippen molar-refractivity contribution in [2.45, 2.75) is 13.3 Å². The van der Waals surface area contributed by atoms with E-state index in [2.05, 4.69) is 10.2 Å². The maximum Gasteiger partial charge on any atom is 0.135 e. The van der Waals surface area contributed by atoms with Crippen LogP contribution in [-0.4, -0.2) is 42.2 Å². The number of nitrogens with one attached hydrogen (secondary N) is 1. The third-order valence-electron chi connectivity index (χ3n) is 4.39. The number of rotatable bonds is 3. The summed E-state index contributed by atoms with van der Waals surface area (Å²) in [7, 11) is 1.98. The van der Waals surface area contributed by atoms with Crippen LogP contribution < -0.4 is 5.32 Å². The molecule has 0 unspecified atom stereocenters. The molecule has 1 aliphatic heterocycles. The summed E-state index contributed by atoms with van der Waals surface area (Å²) < 4.78 is 16.6. The van der Waals surface area contributed by atoms with Gasteiger partial charge in [0.1, 0.15) is 5.82 Å². The first-order valence-corrected chi connectivity index (χ1v) is 7.33. The molecule has 0 radical (unpaired) electrons. The van der Waals surface area contributed by atoms with E-state index in [9.17, 15) is 4.39 Å². The smallest absolute Gasteiger partial charge is 0.135 e. The van der Waals surface area contributed by atoms with Crippen LogP contribution in [0.4, 0.5) is 4.39 Å². The van der Waals surface area contributed by atoms with Gasteiger partial charge in [0.25, 0.3) is 0 Å². The molecule has 3 nitrogen and oxygen atoms in total. The number of fused-ring (bicyclic) bond motifs is 1. The zero-order chi connectivity index (χ0) is 14.1. The van der Waals surface area contributed by atoms with Crippen LogP contribution in [0.3, 0.4) is 0 Å². The predicted octanol–water partition coefficient (Wildman–Crippen LogP) is 2.07. The molecule has 20 heavy (non-hydrogen) atoms. The average molecular weight is 275 g/mol. The normalized spacial score (nSPS) is 16.9. The van der Waals surface area contributed by atoms with E-state index in [-0.39, 0.29) is 5.82 Å². The number of halogens is 1. The van der Waals surface area contributed by atoms with E-state index in [1.165, 1.54) is 0 Å². The summed E-state index contributed by atoms with van der Waals surface area (Å²) in [5.74, 6) is -0.0404. The first-order chi connectivity index (χ1) is 9.66. The molecule has 3 rings (SSSR count). The van der Waals surface area contributed by atoms with Crippen LogP contribution in [0.5, 0.6) is 0 Å². The Kier molecular flexibility index (Phi) is 3.76. The minimum Gasteiger partial charge on any atom is -0.348 e. The number of piperazine rings is 1. The highest BCUT2D eigenvalue weighted by Crippen LogP contribution is 2.24. The second-order valence-electron chi connectivity index (χ2n) is 5.66. The maximum atomic E-state index is 14.6. The molecule has 1 aliphatic rings. The topological polar surface area (TPSA) is 20.2 Å². The van der Waals surface area contributed by atoms with Crippen LogP contribution in [0.2, 0.25) is 0 Å². The van der Waals surface area contributed by atoms with Gasteiger partial charge >= 0.3 is 0 Å². The highest BCUT2D eigenvalue weighted by molar-refractivity contribution is 5.82. The number of aromatic nitrogens is 1. The fraction of sp³-hybridized carbons (Fsp3) is 0.500. The predicted molar refractivity (Wildman–Crippen MR) is 80.6 cm³/mol.